The van der Waals surface area contributed by atoms with Crippen LogP contribution in [-0.4, -0.2) is 54.0 Å². The zero-order valence-electron chi connectivity index (χ0n) is 14.8. The van der Waals surface area contributed by atoms with Gasteiger partial charge in [0, 0.05) is 25.6 Å². The number of carbonyl (C=O) groups excluding carboxylic acids is 1. The van der Waals surface area contributed by atoms with E-state index in [0.717, 1.165) is 0 Å². The summed E-state index contributed by atoms with van der Waals surface area (Å²) < 4.78 is 18.2. The average molecular weight is 368 g/mol. The summed E-state index contributed by atoms with van der Waals surface area (Å²) in [4.78, 5) is 23.7. The number of piperidine rings is 1. The molecular weight excluding hydrogens is 343 g/mol. The number of benzene rings is 1. The Morgan fingerprint density at radius 1 is 1.46 bits per heavy atom. The first-order valence-electron chi connectivity index (χ1n) is 8.65. The highest BCUT2D eigenvalue weighted by Crippen LogP contribution is 2.39. The molecule has 1 fully saturated rings. The quantitative estimate of drug-likeness (QED) is 0.670. The lowest BCUT2D eigenvalue weighted by Gasteiger charge is -2.42. The van der Waals surface area contributed by atoms with E-state index in [4.69, 9.17) is 0 Å². The molecule has 0 saturated carbocycles. The third-order valence-corrected chi connectivity index (χ3v) is 4.88. The first kappa shape index (κ1) is 20.0. The minimum atomic E-state index is -1.38. The SMILES string of the molecule is COC(=O)NCCCC(O)(c1cccc(F)c1)C1CCCN(C(=O)O)C1. The number of aliphatic hydroxyl groups is 1. The van der Waals surface area contributed by atoms with Crippen LogP contribution in [0.25, 0.3) is 0 Å². The van der Waals surface area contributed by atoms with Crippen LogP contribution in [-0.2, 0) is 10.3 Å². The summed E-state index contributed by atoms with van der Waals surface area (Å²) in [7, 11) is 1.26. The van der Waals surface area contributed by atoms with Gasteiger partial charge in [-0.2, -0.15) is 0 Å². The van der Waals surface area contributed by atoms with Gasteiger partial charge in [-0.1, -0.05) is 12.1 Å². The highest BCUT2D eigenvalue weighted by atomic mass is 19.1. The molecule has 0 aromatic heterocycles. The largest absolute Gasteiger partial charge is 0.465 e. The molecule has 0 aliphatic carbocycles. The van der Waals surface area contributed by atoms with Crippen LogP contribution in [0.1, 0.15) is 31.2 Å². The Balaban J connectivity index is 2.18. The van der Waals surface area contributed by atoms with Crippen LogP contribution < -0.4 is 5.32 Å². The lowest BCUT2D eigenvalue weighted by Crippen LogP contribution is -2.48. The van der Waals surface area contributed by atoms with E-state index in [1.807, 2.05) is 0 Å². The van der Waals surface area contributed by atoms with Gasteiger partial charge in [0.25, 0.3) is 0 Å². The number of halogens is 1. The predicted octanol–water partition coefficient (Wildman–Crippen LogP) is 2.54. The fraction of sp³-hybridized carbons (Fsp3) is 0.556. The molecule has 1 aliphatic rings. The fourth-order valence-corrected chi connectivity index (χ4v) is 3.50. The Labute approximate surface area is 151 Å². The van der Waals surface area contributed by atoms with E-state index in [2.05, 4.69) is 10.1 Å². The number of carbonyl (C=O) groups is 2. The molecule has 144 valence electrons. The molecule has 0 radical (unpaired) electrons. The lowest BCUT2D eigenvalue weighted by molar-refractivity contribution is -0.0576. The molecule has 3 N–H and O–H groups in total. The highest BCUT2D eigenvalue weighted by Gasteiger charge is 2.41. The standard InChI is InChI=1S/C18H25FN2O5/c1-26-16(22)20-9-4-8-18(25,13-5-2-7-15(19)11-13)14-6-3-10-21(12-14)17(23)24/h2,5,7,11,14,25H,3-4,6,8-10,12H2,1H3,(H,20,22)(H,23,24). The van der Waals surface area contributed by atoms with Gasteiger partial charge in [-0.3, -0.25) is 0 Å². The summed E-state index contributed by atoms with van der Waals surface area (Å²) in [5.41, 5.74) is -0.957. The predicted molar refractivity (Wildman–Crippen MR) is 92.3 cm³/mol. The smallest absolute Gasteiger partial charge is 0.407 e. The molecule has 8 heteroatoms. The number of carboxylic acid groups (broad SMARTS) is 1. The minimum absolute atomic E-state index is 0.187. The number of rotatable bonds is 6. The highest BCUT2D eigenvalue weighted by molar-refractivity contribution is 5.66. The molecule has 7 nitrogen and oxygen atoms in total. The van der Waals surface area contributed by atoms with E-state index >= 15 is 0 Å². The second-order valence-electron chi connectivity index (χ2n) is 6.52. The van der Waals surface area contributed by atoms with Gasteiger partial charge < -0.3 is 25.2 Å². The van der Waals surface area contributed by atoms with Crippen molar-refractivity contribution >= 4 is 12.2 Å². The number of nitrogens with zero attached hydrogens (tertiary/aromatic N) is 1. The summed E-state index contributed by atoms with van der Waals surface area (Å²) in [6.45, 7) is 0.904. The molecule has 2 amide bonds. The molecule has 2 unspecified atom stereocenters. The summed E-state index contributed by atoms with van der Waals surface area (Å²) in [6, 6.07) is 5.76. The minimum Gasteiger partial charge on any atom is -0.465 e. The second kappa shape index (κ2) is 8.84. The second-order valence-corrected chi connectivity index (χ2v) is 6.52. The zero-order valence-corrected chi connectivity index (χ0v) is 14.8. The molecular formula is C18H25FN2O5. The summed E-state index contributed by atoms with van der Waals surface area (Å²) in [5, 5.41) is 23.2. The molecule has 1 heterocycles. The molecule has 1 saturated heterocycles. The van der Waals surface area contributed by atoms with Crippen molar-refractivity contribution in [2.24, 2.45) is 5.92 Å². The van der Waals surface area contributed by atoms with Gasteiger partial charge in [0.1, 0.15) is 5.82 Å². The first-order valence-corrected chi connectivity index (χ1v) is 8.65. The summed E-state index contributed by atoms with van der Waals surface area (Å²) >= 11 is 0. The third kappa shape index (κ3) is 4.85. The number of alkyl carbamates (subject to hydrolysis) is 1. The number of likely N-dealkylation sites (tertiary alicyclic amines) is 1. The van der Waals surface area contributed by atoms with Crippen molar-refractivity contribution in [2.75, 3.05) is 26.7 Å². The molecule has 26 heavy (non-hydrogen) atoms. The van der Waals surface area contributed by atoms with Crippen molar-refractivity contribution in [1.29, 1.82) is 0 Å². The van der Waals surface area contributed by atoms with Gasteiger partial charge in [-0.05, 0) is 43.4 Å². The number of ether oxygens (including phenoxy) is 1. The number of methoxy groups -OCH3 is 1. The first-order chi connectivity index (χ1) is 12.4. The van der Waals surface area contributed by atoms with Gasteiger partial charge in [-0.25, -0.2) is 14.0 Å². The van der Waals surface area contributed by atoms with E-state index in [1.165, 1.54) is 30.2 Å². The molecule has 1 aromatic carbocycles. The van der Waals surface area contributed by atoms with Crippen LogP contribution >= 0.6 is 0 Å². The summed E-state index contributed by atoms with van der Waals surface area (Å²) in [6.07, 6.45) is 0.387. The Kier molecular flexibility index (Phi) is 6.79. The molecule has 1 aliphatic heterocycles. The van der Waals surface area contributed by atoms with Gasteiger partial charge in [0.2, 0.25) is 0 Å². The van der Waals surface area contributed by atoms with Crippen LogP contribution in [0, 0.1) is 11.7 Å². The maximum Gasteiger partial charge on any atom is 0.407 e. The van der Waals surface area contributed by atoms with Crippen molar-refractivity contribution in [1.82, 2.24) is 10.2 Å². The van der Waals surface area contributed by atoms with Crippen molar-refractivity contribution < 1.29 is 28.9 Å². The zero-order chi connectivity index (χ0) is 19.2. The van der Waals surface area contributed by atoms with Crippen molar-refractivity contribution in [3.63, 3.8) is 0 Å². The molecule has 2 atom stereocenters. The number of hydrogen-bond donors (Lipinski definition) is 3. The monoisotopic (exact) mass is 368 g/mol. The van der Waals surface area contributed by atoms with E-state index in [0.29, 0.717) is 37.9 Å². The number of nitrogens with one attached hydrogen (secondary N) is 1. The Morgan fingerprint density at radius 2 is 2.23 bits per heavy atom. The van der Waals surface area contributed by atoms with Crippen LogP contribution in [0.4, 0.5) is 14.0 Å². The normalized spacial score (nSPS) is 19.5. The Hall–Kier alpha value is -2.35. The molecule has 2 rings (SSSR count). The third-order valence-electron chi connectivity index (χ3n) is 4.88. The number of amides is 2. The fourth-order valence-electron chi connectivity index (χ4n) is 3.50. The average Bonchev–Trinajstić information content (AvgIpc) is 2.64. The van der Waals surface area contributed by atoms with Crippen molar-refractivity contribution in [2.45, 2.75) is 31.3 Å². The van der Waals surface area contributed by atoms with Crippen molar-refractivity contribution in [3.05, 3.63) is 35.6 Å². The van der Waals surface area contributed by atoms with Crippen LogP contribution in [0.3, 0.4) is 0 Å². The van der Waals surface area contributed by atoms with Crippen molar-refractivity contribution in [3.8, 4) is 0 Å². The Morgan fingerprint density at radius 3 is 2.88 bits per heavy atom. The summed E-state index contributed by atoms with van der Waals surface area (Å²) in [5.74, 6) is -0.813. The molecule has 0 bridgehead atoms. The van der Waals surface area contributed by atoms with E-state index in [9.17, 15) is 24.2 Å². The molecule has 1 aromatic rings. The van der Waals surface area contributed by atoms with Gasteiger partial charge in [0.15, 0.2) is 0 Å². The van der Waals surface area contributed by atoms with Gasteiger partial charge >= 0.3 is 12.2 Å². The lowest BCUT2D eigenvalue weighted by atomic mass is 9.74. The van der Waals surface area contributed by atoms with Crippen LogP contribution in [0.2, 0.25) is 0 Å². The topological polar surface area (TPSA) is 99.1 Å². The van der Waals surface area contributed by atoms with Crippen LogP contribution in [0.5, 0.6) is 0 Å². The van der Waals surface area contributed by atoms with Crippen LogP contribution in [0.15, 0.2) is 24.3 Å². The van der Waals surface area contributed by atoms with Gasteiger partial charge in [0.05, 0.1) is 12.7 Å². The Bertz CT molecular complexity index is 642. The number of hydrogen-bond acceptors (Lipinski definition) is 4. The maximum absolute atomic E-state index is 13.7. The van der Waals surface area contributed by atoms with Gasteiger partial charge in [-0.15, -0.1) is 0 Å². The van der Waals surface area contributed by atoms with E-state index < -0.39 is 23.6 Å². The molecule has 0 spiro atoms. The van der Waals surface area contributed by atoms with E-state index in [-0.39, 0.29) is 18.9 Å². The van der Waals surface area contributed by atoms with E-state index in [1.54, 1.807) is 6.07 Å². The maximum atomic E-state index is 13.7.